The van der Waals surface area contributed by atoms with Gasteiger partial charge in [0.2, 0.25) is 0 Å². The summed E-state index contributed by atoms with van der Waals surface area (Å²) in [5, 5.41) is 9.63. The van der Waals surface area contributed by atoms with E-state index in [1.165, 1.54) is 4.57 Å². The molecule has 0 aliphatic heterocycles. The number of hydrogen-bond donors (Lipinski definition) is 1. The number of alkyl halides is 1. The zero-order chi connectivity index (χ0) is 21.1. The topological polar surface area (TPSA) is 91.3 Å². The fourth-order valence-corrected chi connectivity index (χ4v) is 3.46. The van der Waals surface area contributed by atoms with Gasteiger partial charge >= 0.3 is 11.7 Å². The number of benzene rings is 1. The lowest BCUT2D eigenvalue weighted by molar-refractivity contribution is 0.277. The predicted octanol–water partition coefficient (Wildman–Crippen LogP) is 2.94. The summed E-state index contributed by atoms with van der Waals surface area (Å²) < 4.78 is 10.5. The van der Waals surface area contributed by atoms with Crippen LogP contribution in [0.5, 0.6) is 11.8 Å². The second-order valence-corrected chi connectivity index (χ2v) is 9.29. The van der Waals surface area contributed by atoms with Crippen LogP contribution in [0, 0.1) is 0 Å². The summed E-state index contributed by atoms with van der Waals surface area (Å²) in [4.78, 5) is 30.2. The fourth-order valence-electron chi connectivity index (χ4n) is 3.01. The molecule has 0 aliphatic carbocycles. The number of ether oxygens (including phenoxy) is 1. The number of halogens is 2. The Hall–Kier alpha value is -1.85. The number of imidazole rings is 1. The van der Waals surface area contributed by atoms with E-state index >= 15 is 0 Å². The van der Waals surface area contributed by atoms with E-state index in [4.69, 9.17) is 21.4 Å². The van der Waals surface area contributed by atoms with Gasteiger partial charge in [-0.15, -0.1) is 0 Å². The number of nitrogens with zero attached hydrogens (tertiary/aromatic N) is 4. The summed E-state index contributed by atoms with van der Waals surface area (Å²) in [5.41, 5.74) is -0.347. The lowest BCUT2D eigenvalue weighted by Crippen LogP contribution is -2.39. The standard InChI is InChI=1S/C19H22ClIN4O4/c1-12(21)7-9-24-15-16(22-18(24)29-14-6-3-5-13(20)11-14)23(2)19(28)25(17(15)27)8-4-10-26/h3,5-6,11-12,26H,4,7-10H2,1-2H3. The van der Waals surface area contributed by atoms with Crippen LogP contribution in [0.2, 0.25) is 5.02 Å². The second kappa shape index (κ2) is 9.31. The van der Waals surface area contributed by atoms with E-state index in [-0.39, 0.29) is 24.8 Å². The first-order chi connectivity index (χ1) is 13.8. The van der Waals surface area contributed by atoms with Crippen molar-refractivity contribution in [2.45, 2.75) is 36.8 Å². The number of aliphatic hydroxyl groups excluding tert-OH is 1. The number of aryl methyl sites for hydroxylation is 2. The third-order valence-electron chi connectivity index (χ3n) is 4.49. The minimum Gasteiger partial charge on any atom is -0.425 e. The number of aliphatic hydroxyl groups is 1. The van der Waals surface area contributed by atoms with E-state index in [0.29, 0.717) is 33.2 Å². The molecule has 10 heteroatoms. The van der Waals surface area contributed by atoms with E-state index in [1.807, 2.05) is 0 Å². The van der Waals surface area contributed by atoms with Gasteiger partial charge in [-0.05, 0) is 31.0 Å². The van der Waals surface area contributed by atoms with Gasteiger partial charge in [-0.25, -0.2) is 4.79 Å². The van der Waals surface area contributed by atoms with Crippen LogP contribution >= 0.6 is 34.2 Å². The van der Waals surface area contributed by atoms with Crippen molar-refractivity contribution in [3.05, 3.63) is 50.1 Å². The summed E-state index contributed by atoms with van der Waals surface area (Å²) in [7, 11) is 1.57. The Balaban J connectivity index is 2.21. The highest BCUT2D eigenvalue weighted by Gasteiger charge is 2.21. The number of hydrogen-bond acceptors (Lipinski definition) is 5. The molecule has 1 unspecified atom stereocenters. The molecule has 0 saturated carbocycles. The molecule has 0 aliphatic rings. The van der Waals surface area contributed by atoms with Crippen molar-refractivity contribution in [3.8, 4) is 11.8 Å². The van der Waals surface area contributed by atoms with Crippen LogP contribution in [0.3, 0.4) is 0 Å². The van der Waals surface area contributed by atoms with Gasteiger partial charge in [0.05, 0.1) is 0 Å². The SMILES string of the molecule is CC(I)CCn1c(Oc2cccc(Cl)c2)nc2c1c(=O)n(CCCO)c(=O)n2C. The van der Waals surface area contributed by atoms with Crippen molar-refractivity contribution < 1.29 is 9.84 Å². The summed E-state index contributed by atoms with van der Waals surface area (Å²) in [6, 6.07) is 7.12. The quantitative estimate of drug-likeness (QED) is 0.356. The summed E-state index contributed by atoms with van der Waals surface area (Å²) in [5.74, 6) is 0.488. The molecule has 8 nitrogen and oxygen atoms in total. The first-order valence-electron chi connectivity index (χ1n) is 9.22. The minimum absolute atomic E-state index is 0.109. The molecule has 2 aromatic heterocycles. The zero-order valence-electron chi connectivity index (χ0n) is 16.1. The summed E-state index contributed by atoms with van der Waals surface area (Å²) in [6.07, 6.45) is 1.10. The van der Waals surface area contributed by atoms with Crippen LogP contribution in [0.1, 0.15) is 19.8 Å². The highest BCUT2D eigenvalue weighted by molar-refractivity contribution is 14.1. The Labute approximate surface area is 185 Å². The smallest absolute Gasteiger partial charge is 0.332 e. The molecule has 29 heavy (non-hydrogen) atoms. The third-order valence-corrected chi connectivity index (χ3v) is 5.35. The molecule has 0 amide bonds. The lowest BCUT2D eigenvalue weighted by Gasteiger charge is -2.12. The molecule has 1 atom stereocenters. The molecule has 0 bridgehead atoms. The Morgan fingerprint density at radius 2 is 2.03 bits per heavy atom. The van der Waals surface area contributed by atoms with E-state index in [9.17, 15) is 9.59 Å². The number of fused-ring (bicyclic) bond motifs is 1. The number of rotatable bonds is 8. The molecule has 156 valence electrons. The first kappa shape index (κ1) is 21.8. The molecule has 1 N–H and O–H groups in total. The van der Waals surface area contributed by atoms with Gasteiger partial charge in [-0.1, -0.05) is 47.2 Å². The van der Waals surface area contributed by atoms with Gasteiger partial charge in [0.15, 0.2) is 11.2 Å². The van der Waals surface area contributed by atoms with Crippen LogP contribution in [-0.4, -0.2) is 34.3 Å². The summed E-state index contributed by atoms with van der Waals surface area (Å²) >= 11 is 8.36. The number of aromatic nitrogens is 4. The Kier molecular flexibility index (Phi) is 7.01. The van der Waals surface area contributed by atoms with Crippen LogP contribution < -0.4 is 16.0 Å². The lowest BCUT2D eigenvalue weighted by atomic mass is 10.3. The van der Waals surface area contributed by atoms with Crippen LogP contribution in [-0.2, 0) is 20.1 Å². The molecule has 0 fully saturated rings. The van der Waals surface area contributed by atoms with Gasteiger partial charge in [0.25, 0.3) is 5.56 Å². The predicted molar refractivity (Wildman–Crippen MR) is 121 cm³/mol. The van der Waals surface area contributed by atoms with Crippen molar-refractivity contribution in [1.29, 1.82) is 0 Å². The normalized spacial score (nSPS) is 12.4. The molecule has 3 rings (SSSR count). The molecule has 0 saturated heterocycles. The van der Waals surface area contributed by atoms with Crippen LogP contribution in [0.15, 0.2) is 33.9 Å². The van der Waals surface area contributed by atoms with Crippen molar-refractivity contribution in [2.24, 2.45) is 7.05 Å². The highest BCUT2D eigenvalue weighted by atomic mass is 127. The second-order valence-electron chi connectivity index (χ2n) is 6.72. The van der Waals surface area contributed by atoms with Gasteiger partial charge in [0.1, 0.15) is 5.75 Å². The largest absolute Gasteiger partial charge is 0.425 e. The Bertz CT molecular complexity index is 1140. The monoisotopic (exact) mass is 532 g/mol. The molecule has 3 aromatic rings. The van der Waals surface area contributed by atoms with Gasteiger partial charge in [0, 0.05) is 35.7 Å². The zero-order valence-corrected chi connectivity index (χ0v) is 19.1. The molecule has 1 aromatic carbocycles. The molecule has 0 spiro atoms. The van der Waals surface area contributed by atoms with E-state index in [1.54, 1.807) is 35.9 Å². The molecular weight excluding hydrogens is 511 g/mol. The molecular formula is C19H22ClIN4O4. The van der Waals surface area contributed by atoms with Crippen molar-refractivity contribution in [1.82, 2.24) is 18.7 Å². The average Bonchev–Trinajstić information content (AvgIpc) is 3.03. The van der Waals surface area contributed by atoms with Crippen molar-refractivity contribution in [3.63, 3.8) is 0 Å². The minimum atomic E-state index is -0.475. The maximum Gasteiger partial charge on any atom is 0.332 e. The van der Waals surface area contributed by atoms with Crippen molar-refractivity contribution >= 4 is 45.4 Å². The van der Waals surface area contributed by atoms with Crippen molar-refractivity contribution in [2.75, 3.05) is 6.61 Å². The van der Waals surface area contributed by atoms with Gasteiger partial charge < -0.3 is 9.84 Å². The van der Waals surface area contributed by atoms with Crippen LogP contribution in [0.25, 0.3) is 11.2 Å². The molecule has 0 radical (unpaired) electrons. The average molecular weight is 533 g/mol. The molecule has 2 heterocycles. The third kappa shape index (κ3) is 4.67. The maximum atomic E-state index is 13.1. The Morgan fingerprint density at radius 3 is 2.69 bits per heavy atom. The Morgan fingerprint density at radius 1 is 1.28 bits per heavy atom. The fraction of sp³-hybridized carbons (Fsp3) is 0.421. The van der Waals surface area contributed by atoms with Crippen LogP contribution in [0.4, 0.5) is 0 Å². The van der Waals surface area contributed by atoms with Gasteiger partial charge in [-0.2, -0.15) is 4.98 Å². The summed E-state index contributed by atoms with van der Waals surface area (Å²) in [6.45, 7) is 2.61. The highest BCUT2D eigenvalue weighted by Crippen LogP contribution is 2.26. The first-order valence-corrected chi connectivity index (χ1v) is 10.8. The maximum absolute atomic E-state index is 13.1. The van der Waals surface area contributed by atoms with E-state index in [0.717, 1.165) is 11.0 Å². The van der Waals surface area contributed by atoms with Gasteiger partial charge in [-0.3, -0.25) is 18.5 Å². The van der Waals surface area contributed by atoms with E-state index < -0.39 is 11.2 Å². The van der Waals surface area contributed by atoms with E-state index in [2.05, 4.69) is 34.5 Å².